The molecule has 0 spiro atoms. The molecule has 6 heteroatoms. The number of aromatic hydroxyl groups is 1. The van der Waals surface area contributed by atoms with Crippen LogP contribution in [0.3, 0.4) is 0 Å². The lowest BCUT2D eigenvalue weighted by molar-refractivity contribution is -0.115. The van der Waals surface area contributed by atoms with Gasteiger partial charge in [-0.05, 0) is 24.6 Å². The van der Waals surface area contributed by atoms with E-state index in [1.54, 1.807) is 18.2 Å². The molecule has 0 saturated heterocycles. The number of phenolic OH excluding ortho intramolecular Hbond substituents is 1. The highest BCUT2D eigenvalue weighted by atomic mass is 19.1. The second-order valence-electron chi connectivity index (χ2n) is 4.80. The van der Waals surface area contributed by atoms with Crippen LogP contribution in [0.4, 0.5) is 20.2 Å². The number of carbonyl (C=O) groups is 1. The Bertz CT molecular complexity index is 774. The van der Waals surface area contributed by atoms with Crippen LogP contribution in [-0.2, 0) is 4.79 Å². The molecule has 0 bridgehead atoms. The molecule has 2 aromatic rings. The van der Waals surface area contributed by atoms with Crippen molar-refractivity contribution in [3.63, 3.8) is 0 Å². The molecule has 0 radical (unpaired) electrons. The standard InChI is InChI=1S/C15H11F2NO3/c1-7-3-4-10-12(5-7)21-15-11(18(10)8(2)19)6-9(16)14(20)13(15)17/h3-6,20H,1-2H3. The fourth-order valence-corrected chi connectivity index (χ4v) is 2.31. The monoisotopic (exact) mass is 291 g/mol. The van der Waals surface area contributed by atoms with E-state index in [-0.39, 0.29) is 17.2 Å². The lowest BCUT2D eigenvalue weighted by Gasteiger charge is -2.31. The van der Waals surface area contributed by atoms with E-state index in [1.165, 1.54) is 6.92 Å². The number of fused-ring (bicyclic) bond motifs is 2. The van der Waals surface area contributed by atoms with Crippen LogP contribution in [0.2, 0.25) is 0 Å². The number of halogens is 2. The van der Waals surface area contributed by atoms with Crippen molar-refractivity contribution in [2.24, 2.45) is 0 Å². The average Bonchev–Trinajstić information content (AvgIpc) is 2.43. The molecule has 1 N–H and O–H groups in total. The summed E-state index contributed by atoms with van der Waals surface area (Å²) in [6.45, 7) is 3.09. The molecule has 108 valence electrons. The third-order valence-electron chi connectivity index (χ3n) is 3.25. The number of phenols is 1. The number of carbonyl (C=O) groups excluding carboxylic acids is 1. The molecule has 21 heavy (non-hydrogen) atoms. The Hall–Kier alpha value is -2.63. The number of hydrogen-bond donors (Lipinski definition) is 1. The molecule has 3 rings (SSSR count). The summed E-state index contributed by atoms with van der Waals surface area (Å²) in [6, 6.07) is 5.90. The van der Waals surface area contributed by atoms with Crippen LogP contribution in [0.25, 0.3) is 0 Å². The van der Waals surface area contributed by atoms with Crippen LogP contribution >= 0.6 is 0 Å². The molecule has 1 aliphatic heterocycles. The number of ether oxygens (including phenoxy) is 1. The lowest BCUT2D eigenvalue weighted by atomic mass is 10.1. The summed E-state index contributed by atoms with van der Waals surface area (Å²) in [4.78, 5) is 13.0. The maximum absolute atomic E-state index is 14.0. The zero-order valence-electron chi connectivity index (χ0n) is 11.3. The van der Waals surface area contributed by atoms with Crippen molar-refractivity contribution in [1.29, 1.82) is 0 Å². The Labute approximate surface area is 119 Å². The summed E-state index contributed by atoms with van der Waals surface area (Å²) in [5, 5.41) is 9.36. The van der Waals surface area contributed by atoms with E-state index >= 15 is 0 Å². The third kappa shape index (κ3) is 1.91. The van der Waals surface area contributed by atoms with Gasteiger partial charge in [0.1, 0.15) is 0 Å². The zero-order chi connectivity index (χ0) is 15.3. The Kier molecular flexibility index (Phi) is 2.83. The van der Waals surface area contributed by atoms with Gasteiger partial charge in [0.05, 0.1) is 11.4 Å². The smallest absolute Gasteiger partial charge is 0.228 e. The SMILES string of the molecule is CC(=O)N1c2ccc(C)cc2Oc2c1cc(F)c(O)c2F. The minimum Gasteiger partial charge on any atom is -0.503 e. The predicted octanol–water partition coefficient (Wildman–Crippen LogP) is 3.77. The number of aryl methyl sites for hydroxylation is 1. The van der Waals surface area contributed by atoms with Gasteiger partial charge in [0.2, 0.25) is 11.7 Å². The maximum atomic E-state index is 14.0. The second kappa shape index (κ2) is 4.44. The van der Waals surface area contributed by atoms with Gasteiger partial charge in [-0.25, -0.2) is 4.39 Å². The van der Waals surface area contributed by atoms with Crippen molar-refractivity contribution in [1.82, 2.24) is 0 Å². The van der Waals surface area contributed by atoms with E-state index in [4.69, 9.17) is 4.74 Å². The first kappa shape index (κ1) is 13.4. The number of amides is 1. The quantitative estimate of drug-likeness (QED) is 0.803. The van der Waals surface area contributed by atoms with E-state index in [9.17, 15) is 18.7 Å². The molecule has 2 aromatic carbocycles. The molecule has 4 nitrogen and oxygen atoms in total. The number of benzene rings is 2. The summed E-state index contributed by atoms with van der Waals surface area (Å²) in [7, 11) is 0. The first-order valence-electron chi connectivity index (χ1n) is 6.20. The first-order valence-corrected chi connectivity index (χ1v) is 6.20. The Balaban J connectivity index is 2.31. The summed E-state index contributed by atoms with van der Waals surface area (Å²) >= 11 is 0. The highest BCUT2D eigenvalue weighted by molar-refractivity contribution is 6.03. The molecule has 0 fully saturated rings. The topological polar surface area (TPSA) is 49.8 Å². The van der Waals surface area contributed by atoms with Crippen molar-refractivity contribution in [2.75, 3.05) is 4.90 Å². The first-order chi connectivity index (χ1) is 9.90. The van der Waals surface area contributed by atoms with Crippen molar-refractivity contribution in [3.8, 4) is 17.2 Å². The molecule has 1 aliphatic rings. The zero-order valence-corrected chi connectivity index (χ0v) is 11.3. The van der Waals surface area contributed by atoms with Crippen LogP contribution in [0.15, 0.2) is 24.3 Å². The van der Waals surface area contributed by atoms with Crippen LogP contribution in [0.5, 0.6) is 17.2 Å². The van der Waals surface area contributed by atoms with Crippen LogP contribution < -0.4 is 9.64 Å². The van der Waals surface area contributed by atoms with E-state index in [0.717, 1.165) is 16.5 Å². The van der Waals surface area contributed by atoms with Crippen molar-refractivity contribution >= 4 is 17.3 Å². The number of anilines is 2. The molecule has 0 atom stereocenters. The summed E-state index contributed by atoms with van der Waals surface area (Å²) < 4.78 is 33.0. The van der Waals surface area contributed by atoms with E-state index in [2.05, 4.69) is 0 Å². The highest BCUT2D eigenvalue weighted by Crippen LogP contribution is 2.50. The van der Waals surface area contributed by atoms with Gasteiger partial charge in [0, 0.05) is 13.0 Å². The third-order valence-corrected chi connectivity index (χ3v) is 3.25. The average molecular weight is 291 g/mol. The van der Waals surface area contributed by atoms with Crippen LogP contribution in [0, 0.1) is 18.6 Å². The molecule has 1 amide bonds. The minimum atomic E-state index is -1.23. The van der Waals surface area contributed by atoms with Gasteiger partial charge in [-0.3, -0.25) is 9.69 Å². The van der Waals surface area contributed by atoms with E-state index in [1.807, 2.05) is 6.92 Å². The van der Waals surface area contributed by atoms with Gasteiger partial charge in [-0.15, -0.1) is 0 Å². The molecule has 0 aromatic heterocycles. The van der Waals surface area contributed by atoms with E-state index in [0.29, 0.717) is 5.69 Å². The highest BCUT2D eigenvalue weighted by Gasteiger charge is 2.32. The fraction of sp³-hybridized carbons (Fsp3) is 0.133. The van der Waals surface area contributed by atoms with Crippen molar-refractivity contribution < 1.29 is 23.4 Å². The predicted molar refractivity (Wildman–Crippen MR) is 72.1 cm³/mol. The lowest BCUT2D eigenvalue weighted by Crippen LogP contribution is -2.26. The van der Waals surface area contributed by atoms with Gasteiger partial charge < -0.3 is 9.84 Å². The maximum Gasteiger partial charge on any atom is 0.228 e. The number of nitrogens with zero attached hydrogens (tertiary/aromatic N) is 1. The summed E-state index contributed by atoms with van der Waals surface area (Å²) in [5.74, 6) is -4.05. The fourth-order valence-electron chi connectivity index (χ4n) is 2.31. The van der Waals surface area contributed by atoms with Crippen LogP contribution in [0.1, 0.15) is 12.5 Å². The van der Waals surface area contributed by atoms with Crippen LogP contribution in [-0.4, -0.2) is 11.0 Å². The second-order valence-corrected chi connectivity index (χ2v) is 4.80. The van der Waals surface area contributed by atoms with Gasteiger partial charge >= 0.3 is 0 Å². The largest absolute Gasteiger partial charge is 0.503 e. The van der Waals surface area contributed by atoms with Gasteiger partial charge in [0.25, 0.3) is 0 Å². The van der Waals surface area contributed by atoms with E-state index < -0.39 is 23.3 Å². The van der Waals surface area contributed by atoms with Gasteiger partial charge in [-0.2, -0.15) is 4.39 Å². The molecular formula is C15H11F2NO3. The van der Waals surface area contributed by atoms with Gasteiger partial charge in [-0.1, -0.05) is 6.07 Å². The van der Waals surface area contributed by atoms with Crippen molar-refractivity contribution in [3.05, 3.63) is 41.5 Å². The number of hydrogen-bond acceptors (Lipinski definition) is 3. The minimum absolute atomic E-state index is 0.0772. The molecule has 0 aliphatic carbocycles. The normalized spacial score (nSPS) is 12.5. The molecule has 0 saturated carbocycles. The Morgan fingerprint density at radius 2 is 1.95 bits per heavy atom. The van der Waals surface area contributed by atoms with Gasteiger partial charge in [0.15, 0.2) is 23.1 Å². The van der Waals surface area contributed by atoms with Crippen molar-refractivity contribution in [2.45, 2.75) is 13.8 Å². The molecular weight excluding hydrogens is 280 g/mol. The summed E-state index contributed by atoms with van der Waals surface area (Å²) in [5.41, 5.74) is 1.17. The Morgan fingerprint density at radius 3 is 2.62 bits per heavy atom. The molecule has 0 unspecified atom stereocenters. The number of rotatable bonds is 0. The summed E-state index contributed by atoms with van der Waals surface area (Å²) in [6.07, 6.45) is 0. The Morgan fingerprint density at radius 1 is 1.24 bits per heavy atom. The molecule has 1 heterocycles.